The first-order valence-electron chi connectivity index (χ1n) is 6.92. The number of benzene rings is 1. The minimum atomic E-state index is -0.362. The molecular weight excluding hydrogens is 240 g/mol. The van der Waals surface area contributed by atoms with Crippen LogP contribution in [0.15, 0.2) is 18.2 Å². The minimum Gasteiger partial charge on any atom is -0.465 e. The summed E-state index contributed by atoms with van der Waals surface area (Å²) in [6.07, 6.45) is 4.02. The Bertz CT molecular complexity index is 489. The third-order valence-electron chi connectivity index (χ3n) is 4.56. The maximum absolute atomic E-state index is 11.7. The van der Waals surface area contributed by atoms with Crippen LogP contribution in [-0.2, 0) is 4.74 Å². The maximum atomic E-state index is 11.7. The number of esters is 1. The number of anilines is 2. The van der Waals surface area contributed by atoms with Gasteiger partial charge >= 0.3 is 5.97 Å². The van der Waals surface area contributed by atoms with Gasteiger partial charge in [-0.15, -0.1) is 0 Å². The van der Waals surface area contributed by atoms with Crippen LogP contribution in [0, 0.1) is 11.8 Å². The molecule has 2 aliphatic rings. The first-order chi connectivity index (χ1) is 9.20. The van der Waals surface area contributed by atoms with Gasteiger partial charge in [-0.25, -0.2) is 4.79 Å². The van der Waals surface area contributed by atoms with Crippen LogP contribution in [0.25, 0.3) is 0 Å². The molecule has 2 fully saturated rings. The highest BCUT2D eigenvalue weighted by Crippen LogP contribution is 2.41. The molecule has 4 nitrogen and oxygen atoms in total. The van der Waals surface area contributed by atoms with Gasteiger partial charge in [0.05, 0.1) is 24.0 Å². The SMILES string of the molecule is COC(=O)c1cccc(N2CC3CCCC3C2)c1N. The van der Waals surface area contributed by atoms with E-state index in [9.17, 15) is 4.79 Å². The molecule has 0 amide bonds. The summed E-state index contributed by atoms with van der Waals surface area (Å²) >= 11 is 0. The lowest BCUT2D eigenvalue weighted by molar-refractivity contribution is 0.0602. The van der Waals surface area contributed by atoms with E-state index in [1.165, 1.54) is 26.4 Å². The van der Waals surface area contributed by atoms with Crippen molar-refractivity contribution in [3.05, 3.63) is 23.8 Å². The molecule has 1 aliphatic heterocycles. The molecule has 1 saturated carbocycles. The molecule has 2 unspecified atom stereocenters. The third-order valence-corrected chi connectivity index (χ3v) is 4.56. The van der Waals surface area contributed by atoms with Crippen molar-refractivity contribution in [1.29, 1.82) is 0 Å². The fourth-order valence-electron chi connectivity index (χ4n) is 3.55. The van der Waals surface area contributed by atoms with Gasteiger partial charge in [0.15, 0.2) is 0 Å². The van der Waals surface area contributed by atoms with Crippen LogP contribution in [0.1, 0.15) is 29.6 Å². The summed E-state index contributed by atoms with van der Waals surface area (Å²) in [6.45, 7) is 2.14. The Morgan fingerprint density at radius 2 is 2.00 bits per heavy atom. The zero-order valence-electron chi connectivity index (χ0n) is 11.3. The van der Waals surface area contributed by atoms with Gasteiger partial charge in [0.25, 0.3) is 0 Å². The first kappa shape index (κ1) is 12.3. The van der Waals surface area contributed by atoms with Gasteiger partial charge in [-0.05, 0) is 36.8 Å². The highest BCUT2D eigenvalue weighted by Gasteiger charge is 2.36. The molecule has 2 N–H and O–H groups in total. The van der Waals surface area contributed by atoms with Gasteiger partial charge in [0.1, 0.15) is 0 Å². The van der Waals surface area contributed by atoms with Crippen molar-refractivity contribution >= 4 is 17.3 Å². The highest BCUT2D eigenvalue weighted by atomic mass is 16.5. The van der Waals surface area contributed by atoms with E-state index in [1.54, 1.807) is 6.07 Å². The lowest BCUT2D eigenvalue weighted by atomic mass is 10.0. The molecule has 0 radical (unpaired) electrons. The first-order valence-corrected chi connectivity index (χ1v) is 6.92. The van der Waals surface area contributed by atoms with E-state index in [-0.39, 0.29) is 5.97 Å². The number of hydrogen-bond acceptors (Lipinski definition) is 4. The molecule has 0 spiro atoms. The van der Waals surface area contributed by atoms with Gasteiger partial charge in [-0.3, -0.25) is 0 Å². The molecule has 1 aromatic carbocycles. The average molecular weight is 260 g/mol. The van der Waals surface area contributed by atoms with Gasteiger partial charge in [0, 0.05) is 13.1 Å². The number of carbonyl (C=O) groups excluding carboxylic acids is 1. The molecule has 4 heteroatoms. The maximum Gasteiger partial charge on any atom is 0.340 e. The number of nitrogens with zero attached hydrogens (tertiary/aromatic N) is 1. The van der Waals surface area contributed by atoms with Crippen LogP contribution in [0.5, 0.6) is 0 Å². The van der Waals surface area contributed by atoms with Gasteiger partial charge < -0.3 is 15.4 Å². The Balaban J connectivity index is 1.87. The van der Waals surface area contributed by atoms with E-state index >= 15 is 0 Å². The van der Waals surface area contributed by atoms with Crippen LogP contribution >= 0.6 is 0 Å². The summed E-state index contributed by atoms with van der Waals surface area (Å²) in [5.74, 6) is 1.25. The monoisotopic (exact) mass is 260 g/mol. The van der Waals surface area contributed by atoms with E-state index in [4.69, 9.17) is 10.5 Å². The average Bonchev–Trinajstić information content (AvgIpc) is 2.99. The summed E-state index contributed by atoms with van der Waals surface area (Å²) in [5, 5.41) is 0. The number of para-hydroxylation sites is 1. The summed E-state index contributed by atoms with van der Waals surface area (Å²) < 4.78 is 4.77. The van der Waals surface area contributed by atoms with E-state index in [0.29, 0.717) is 11.3 Å². The molecule has 0 bridgehead atoms. The number of nitrogens with two attached hydrogens (primary N) is 1. The number of rotatable bonds is 2. The number of methoxy groups -OCH3 is 1. The zero-order valence-corrected chi connectivity index (χ0v) is 11.3. The van der Waals surface area contributed by atoms with Gasteiger partial charge in [-0.2, -0.15) is 0 Å². The number of hydrogen-bond donors (Lipinski definition) is 1. The van der Waals surface area contributed by atoms with Crippen molar-refractivity contribution in [3.63, 3.8) is 0 Å². The summed E-state index contributed by atoms with van der Waals surface area (Å²) in [7, 11) is 1.38. The number of carbonyl (C=O) groups is 1. The standard InChI is InChI=1S/C15H20N2O2/c1-19-15(18)12-6-3-7-13(14(12)16)17-8-10-4-2-5-11(10)9-17/h3,6-7,10-11H,2,4-5,8-9,16H2,1H3. The van der Waals surface area contributed by atoms with Crippen LogP contribution in [0.4, 0.5) is 11.4 Å². The Labute approximate surface area is 113 Å². The van der Waals surface area contributed by atoms with E-state index in [2.05, 4.69) is 4.90 Å². The van der Waals surface area contributed by atoms with Crippen molar-refractivity contribution in [2.24, 2.45) is 11.8 Å². The molecule has 1 aliphatic carbocycles. The second-order valence-corrected chi connectivity index (χ2v) is 5.59. The summed E-state index contributed by atoms with van der Waals surface area (Å²) in [5.41, 5.74) is 8.15. The van der Waals surface area contributed by atoms with Crippen molar-refractivity contribution in [2.75, 3.05) is 30.8 Å². The van der Waals surface area contributed by atoms with Crippen LogP contribution in [-0.4, -0.2) is 26.2 Å². The minimum absolute atomic E-state index is 0.362. The molecule has 1 saturated heterocycles. The lowest BCUT2D eigenvalue weighted by Gasteiger charge is -2.22. The summed E-state index contributed by atoms with van der Waals surface area (Å²) in [4.78, 5) is 14.0. The van der Waals surface area contributed by atoms with Crippen molar-refractivity contribution < 1.29 is 9.53 Å². The Hall–Kier alpha value is -1.71. The van der Waals surface area contributed by atoms with Crippen molar-refractivity contribution in [1.82, 2.24) is 0 Å². The molecule has 1 aromatic rings. The van der Waals surface area contributed by atoms with Crippen molar-refractivity contribution in [2.45, 2.75) is 19.3 Å². The largest absolute Gasteiger partial charge is 0.465 e. The lowest BCUT2D eigenvalue weighted by Crippen LogP contribution is -2.22. The Kier molecular flexibility index (Phi) is 3.09. The van der Waals surface area contributed by atoms with Crippen LogP contribution in [0.3, 0.4) is 0 Å². The molecular formula is C15H20N2O2. The third kappa shape index (κ3) is 2.05. The fourth-order valence-corrected chi connectivity index (χ4v) is 3.55. The topological polar surface area (TPSA) is 55.6 Å². The predicted octanol–water partition coefficient (Wildman–Crippen LogP) is 2.29. The Morgan fingerprint density at radius 1 is 1.32 bits per heavy atom. The van der Waals surface area contributed by atoms with Gasteiger partial charge in [-0.1, -0.05) is 12.5 Å². The zero-order chi connectivity index (χ0) is 13.4. The Morgan fingerprint density at radius 3 is 2.63 bits per heavy atom. The van der Waals surface area contributed by atoms with Gasteiger partial charge in [0.2, 0.25) is 0 Å². The second kappa shape index (κ2) is 4.76. The fraction of sp³-hybridized carbons (Fsp3) is 0.533. The van der Waals surface area contributed by atoms with Crippen molar-refractivity contribution in [3.8, 4) is 0 Å². The quantitative estimate of drug-likeness (QED) is 0.655. The van der Waals surface area contributed by atoms with Crippen LogP contribution in [0.2, 0.25) is 0 Å². The molecule has 102 valence electrons. The molecule has 0 aromatic heterocycles. The normalized spacial score (nSPS) is 25.4. The molecule has 2 atom stereocenters. The van der Waals surface area contributed by atoms with Crippen LogP contribution < -0.4 is 10.6 Å². The molecule has 1 heterocycles. The summed E-state index contributed by atoms with van der Waals surface area (Å²) in [6, 6.07) is 5.61. The van der Waals surface area contributed by atoms with E-state index in [0.717, 1.165) is 30.6 Å². The molecule has 19 heavy (non-hydrogen) atoms. The van der Waals surface area contributed by atoms with E-state index < -0.39 is 0 Å². The number of ether oxygens (including phenoxy) is 1. The smallest absolute Gasteiger partial charge is 0.340 e. The highest BCUT2D eigenvalue weighted by molar-refractivity contribution is 5.98. The second-order valence-electron chi connectivity index (χ2n) is 5.59. The number of nitrogen functional groups attached to an aromatic ring is 1. The van der Waals surface area contributed by atoms with E-state index in [1.807, 2.05) is 12.1 Å². The number of fused-ring (bicyclic) bond motifs is 1. The predicted molar refractivity (Wildman–Crippen MR) is 75.2 cm³/mol. The molecule has 3 rings (SSSR count).